The van der Waals surface area contributed by atoms with Crippen molar-refractivity contribution in [1.82, 2.24) is 4.67 Å². The van der Waals surface area contributed by atoms with E-state index in [0.717, 1.165) is 27.5 Å². The van der Waals surface area contributed by atoms with Gasteiger partial charge in [-0.1, -0.05) is 49.7 Å². The van der Waals surface area contributed by atoms with Crippen LogP contribution in [0.4, 0.5) is 11.4 Å². The van der Waals surface area contributed by atoms with Gasteiger partial charge in [-0.25, -0.2) is 4.74 Å². The maximum atomic E-state index is 6.46. The lowest BCUT2D eigenvalue weighted by Gasteiger charge is -2.31. The molecule has 0 saturated heterocycles. The Bertz CT molecular complexity index is 1260. The Morgan fingerprint density at radius 2 is 1.78 bits per heavy atom. The van der Waals surface area contributed by atoms with Crippen LogP contribution in [0.5, 0.6) is 0 Å². The molecule has 6 heteroatoms. The van der Waals surface area contributed by atoms with Gasteiger partial charge in [-0.05, 0) is 75.2 Å². The molecule has 1 aliphatic heterocycles. The lowest BCUT2D eigenvalue weighted by Crippen LogP contribution is -2.25. The first-order valence-electron chi connectivity index (χ1n) is 10.8. The molecule has 1 aliphatic rings. The Labute approximate surface area is 196 Å². The van der Waals surface area contributed by atoms with Crippen LogP contribution in [0.25, 0.3) is 0 Å². The van der Waals surface area contributed by atoms with E-state index < -0.39 is 7.21 Å². The molecule has 0 bridgehead atoms. The van der Waals surface area contributed by atoms with Crippen LogP contribution in [-0.4, -0.2) is 25.8 Å². The van der Waals surface area contributed by atoms with Crippen LogP contribution in [0.3, 0.4) is 0 Å². The number of allylic oxidation sites excluding steroid dienone is 1. The molecule has 0 radical (unpaired) electrons. The molecule has 4 rings (SSSR count). The average Bonchev–Trinajstić information content (AvgIpc) is 3.26. The van der Waals surface area contributed by atoms with E-state index in [1.165, 1.54) is 16.9 Å². The number of furan rings is 1. The van der Waals surface area contributed by atoms with Crippen molar-refractivity contribution in [2.24, 2.45) is 4.74 Å². The summed E-state index contributed by atoms with van der Waals surface area (Å²) in [6, 6.07) is 18.7. The lowest BCUT2D eigenvalue weighted by atomic mass is 9.84. The summed E-state index contributed by atoms with van der Waals surface area (Å²) >= 11 is 6.46. The number of para-hydroxylation sites is 1. The van der Waals surface area contributed by atoms with E-state index in [2.05, 4.69) is 80.7 Å². The fourth-order valence-corrected chi connectivity index (χ4v) is 7.51. The lowest BCUT2D eigenvalue weighted by molar-refractivity contribution is 0.557. The topological polar surface area (TPSA) is 32.0 Å². The zero-order valence-electron chi connectivity index (χ0n) is 19.8. The third-order valence-corrected chi connectivity index (χ3v) is 9.98. The third-order valence-electron chi connectivity index (χ3n) is 6.33. The highest BCUT2D eigenvalue weighted by Crippen LogP contribution is 2.59. The van der Waals surface area contributed by atoms with Gasteiger partial charge in [0.15, 0.2) is 5.50 Å². The molecule has 0 saturated carbocycles. The molecule has 1 unspecified atom stereocenters. The first-order valence-corrected chi connectivity index (χ1v) is 12.9. The Kier molecular flexibility index (Phi) is 5.92. The molecule has 4 nitrogen and oxygen atoms in total. The number of anilines is 1. The zero-order chi connectivity index (χ0) is 23.3. The molecular weight excluding hydrogens is 437 g/mol. The van der Waals surface area contributed by atoms with Gasteiger partial charge in [0.05, 0.1) is 5.69 Å². The molecule has 0 aliphatic carbocycles. The maximum absolute atomic E-state index is 6.46. The van der Waals surface area contributed by atoms with Crippen LogP contribution in [0.1, 0.15) is 30.7 Å². The predicted octanol–water partition coefficient (Wildman–Crippen LogP) is 7.45. The minimum absolute atomic E-state index is 0.158. The van der Waals surface area contributed by atoms with E-state index in [4.69, 9.17) is 20.8 Å². The summed E-state index contributed by atoms with van der Waals surface area (Å²) in [6.07, 6.45) is 0. The predicted molar refractivity (Wildman–Crippen MR) is 138 cm³/mol. The van der Waals surface area contributed by atoms with Crippen LogP contribution in [0, 0.1) is 13.8 Å². The van der Waals surface area contributed by atoms with Crippen molar-refractivity contribution in [3.8, 4) is 0 Å². The summed E-state index contributed by atoms with van der Waals surface area (Å²) in [7, 11) is 3.88. The fraction of sp³-hybridized carbons (Fsp3) is 0.308. The zero-order valence-corrected chi connectivity index (χ0v) is 21.5. The van der Waals surface area contributed by atoms with Crippen LogP contribution < -0.4 is 10.4 Å². The van der Waals surface area contributed by atoms with Gasteiger partial charge in [0.25, 0.3) is 0 Å². The van der Waals surface area contributed by atoms with Crippen molar-refractivity contribution in [3.63, 3.8) is 0 Å². The second kappa shape index (κ2) is 8.26. The van der Waals surface area contributed by atoms with Crippen LogP contribution in [-0.2, 0) is 5.41 Å². The Morgan fingerprint density at radius 3 is 2.38 bits per heavy atom. The van der Waals surface area contributed by atoms with E-state index in [1.807, 2.05) is 38.1 Å². The number of hydrogen-bond donors (Lipinski definition) is 0. The van der Waals surface area contributed by atoms with Gasteiger partial charge in [-0.3, -0.25) is 4.67 Å². The molecule has 32 heavy (non-hydrogen) atoms. The Morgan fingerprint density at radius 1 is 1.06 bits per heavy atom. The first kappa shape index (κ1) is 22.9. The second-order valence-corrected chi connectivity index (χ2v) is 12.5. The van der Waals surface area contributed by atoms with E-state index in [0.29, 0.717) is 0 Å². The highest BCUT2D eigenvalue weighted by atomic mass is 35.5. The van der Waals surface area contributed by atoms with Crippen molar-refractivity contribution in [2.45, 2.75) is 33.1 Å². The van der Waals surface area contributed by atoms with Gasteiger partial charge < -0.3 is 9.32 Å². The van der Waals surface area contributed by atoms with E-state index in [9.17, 15) is 0 Å². The molecule has 0 N–H and O–H groups in total. The number of aryl methyl sites for hydroxylation is 2. The van der Waals surface area contributed by atoms with Gasteiger partial charge >= 0.3 is 0 Å². The van der Waals surface area contributed by atoms with Gasteiger partial charge in [0.2, 0.25) is 0 Å². The molecule has 0 spiro atoms. The number of halogens is 1. The summed E-state index contributed by atoms with van der Waals surface area (Å²) in [5.74, 6) is 3.23. The number of fused-ring (bicyclic) bond motifs is 1. The maximum Gasteiger partial charge on any atom is 0.160 e. The number of likely N-dealkylation sites (N-methyl/N-ethyl adjacent to an activating group) is 1. The number of benzene rings is 2. The van der Waals surface area contributed by atoms with Gasteiger partial charge in [0, 0.05) is 28.9 Å². The number of rotatable bonds is 4. The molecule has 1 atom stereocenters. The normalized spacial score (nSPS) is 18.2. The van der Waals surface area contributed by atoms with Gasteiger partial charge in [-0.2, -0.15) is 0 Å². The summed E-state index contributed by atoms with van der Waals surface area (Å²) in [4.78, 5) is 2.29. The molecule has 0 fully saturated rings. The fourth-order valence-electron chi connectivity index (χ4n) is 4.36. The third kappa shape index (κ3) is 3.75. The molecular formula is C26H31ClN3OP. The molecule has 2 aromatic carbocycles. The highest BCUT2D eigenvalue weighted by molar-refractivity contribution is 7.74. The SMILES string of the molecule is Cc1ccc(P(/C=C2\N(C)c3ccccc3C2(C)C)(=Nc2ccc(C)c(Cl)c2)N(C)C)o1. The number of hydrogen-bond acceptors (Lipinski definition) is 3. The van der Waals surface area contributed by atoms with Crippen molar-refractivity contribution >= 4 is 35.7 Å². The molecule has 2 heterocycles. The van der Waals surface area contributed by atoms with Crippen LogP contribution in [0.2, 0.25) is 5.02 Å². The first-order chi connectivity index (χ1) is 15.1. The molecule has 0 amide bonds. The summed E-state index contributed by atoms with van der Waals surface area (Å²) in [5, 5.41) is 0.720. The quantitative estimate of drug-likeness (QED) is 0.373. The number of nitrogens with zero attached hydrogens (tertiary/aromatic N) is 3. The van der Waals surface area contributed by atoms with Crippen molar-refractivity contribution in [2.75, 3.05) is 26.0 Å². The second-order valence-electron chi connectivity index (χ2n) is 9.13. The van der Waals surface area contributed by atoms with Gasteiger partial charge in [0.1, 0.15) is 13.0 Å². The molecule has 3 aromatic rings. The molecule has 1 aromatic heterocycles. The Hall–Kier alpha value is -2.26. The summed E-state index contributed by atoms with van der Waals surface area (Å²) < 4.78 is 13.8. The smallest absolute Gasteiger partial charge is 0.160 e. The largest absolute Gasteiger partial charge is 0.459 e. The summed E-state index contributed by atoms with van der Waals surface area (Å²) in [5.41, 5.74) is 6.38. The van der Waals surface area contributed by atoms with E-state index in [-0.39, 0.29) is 5.41 Å². The minimum Gasteiger partial charge on any atom is -0.459 e. The van der Waals surface area contributed by atoms with Crippen LogP contribution in [0.15, 0.2) is 75.3 Å². The van der Waals surface area contributed by atoms with Crippen molar-refractivity contribution in [1.29, 1.82) is 0 Å². The van der Waals surface area contributed by atoms with Crippen LogP contribution >= 0.6 is 18.8 Å². The standard InChI is InChI=1S/C26H31ClN3OP/c1-18-12-14-20(16-22(18)27)28-32(29(5)6,25-15-13-19(2)31-25)17-24-26(3,4)21-10-8-9-11-23(21)30(24)7/h8-17H,1-7H3/b24-17-. The molecule has 168 valence electrons. The summed E-state index contributed by atoms with van der Waals surface area (Å²) in [6.45, 7) is 8.54. The van der Waals surface area contributed by atoms with E-state index in [1.54, 1.807) is 0 Å². The van der Waals surface area contributed by atoms with Crippen molar-refractivity contribution in [3.05, 3.63) is 88.0 Å². The minimum atomic E-state index is -2.42. The van der Waals surface area contributed by atoms with E-state index >= 15 is 0 Å². The average molecular weight is 468 g/mol. The van der Waals surface area contributed by atoms with Gasteiger partial charge in [-0.15, -0.1) is 0 Å². The van der Waals surface area contributed by atoms with Crippen molar-refractivity contribution < 1.29 is 4.42 Å². The monoisotopic (exact) mass is 467 g/mol. The Balaban J connectivity index is 2.03. The highest BCUT2D eigenvalue weighted by Gasteiger charge is 2.41.